The highest BCUT2D eigenvalue weighted by Crippen LogP contribution is 2.84. The molecule has 0 amide bonds. The van der Waals surface area contributed by atoms with Crippen molar-refractivity contribution in [1.82, 2.24) is 0 Å². The molecule has 5 saturated carbocycles. The molecular weight excluding hydrogens is 412 g/mol. The van der Waals surface area contributed by atoms with Crippen LogP contribution in [0.15, 0.2) is 24.0 Å². The van der Waals surface area contributed by atoms with E-state index >= 15 is 0 Å². The summed E-state index contributed by atoms with van der Waals surface area (Å²) in [7, 11) is 0. The summed E-state index contributed by atoms with van der Waals surface area (Å²) in [5.41, 5.74) is -1.65. The maximum absolute atomic E-state index is 13.9. The first-order chi connectivity index (χ1) is 14.8. The Bertz CT molecular complexity index is 1000. The Labute approximate surface area is 187 Å². The van der Waals surface area contributed by atoms with Crippen molar-refractivity contribution >= 4 is 11.6 Å². The van der Waals surface area contributed by atoms with Crippen LogP contribution in [0, 0.1) is 45.8 Å². The van der Waals surface area contributed by atoms with Gasteiger partial charge in [0.15, 0.2) is 17.4 Å². The maximum Gasteiger partial charge on any atom is 0.211 e. The minimum absolute atomic E-state index is 0.00684. The lowest BCUT2D eigenvalue weighted by molar-refractivity contribution is -0.493. The summed E-state index contributed by atoms with van der Waals surface area (Å²) < 4.78 is 12.5. The van der Waals surface area contributed by atoms with Crippen molar-refractivity contribution in [2.45, 2.75) is 64.6 Å². The second-order valence-electron chi connectivity index (χ2n) is 12.2. The van der Waals surface area contributed by atoms with E-state index in [1.807, 2.05) is 13.8 Å². The highest BCUT2D eigenvalue weighted by molar-refractivity contribution is 6.06. The van der Waals surface area contributed by atoms with Gasteiger partial charge in [-0.2, -0.15) is 0 Å². The molecule has 2 unspecified atom stereocenters. The second kappa shape index (κ2) is 5.57. The zero-order valence-electron chi connectivity index (χ0n) is 19.1. The third-order valence-electron chi connectivity index (χ3n) is 9.94. The molecule has 7 fully saturated rings. The van der Waals surface area contributed by atoms with Gasteiger partial charge in [0.05, 0.1) is 23.7 Å². The number of ketones is 2. The number of carbonyl (C=O) groups excluding carboxylic acids is 2. The van der Waals surface area contributed by atoms with E-state index < -0.39 is 39.8 Å². The monoisotopic (exact) mass is 444 g/mol. The normalized spacial score (nSPS) is 53.8. The molecule has 5 aliphatic carbocycles. The van der Waals surface area contributed by atoms with E-state index in [2.05, 4.69) is 6.58 Å². The SMILES string of the molecule is C=C1C2C(=O)C34[C@H]2[C@H]1CC[C@H]3[C@@]12CO[C@@]4(OC(C)(C)O)[C@@H](O)[C@@H]1C(C)(C)C/C(=C/O)C2=O. The topological polar surface area (TPSA) is 113 Å². The third kappa shape index (κ3) is 1.82. The van der Waals surface area contributed by atoms with Crippen LogP contribution in [0.5, 0.6) is 0 Å². The zero-order valence-corrected chi connectivity index (χ0v) is 19.1. The fourth-order valence-corrected chi connectivity index (χ4v) is 9.40. The van der Waals surface area contributed by atoms with Crippen molar-refractivity contribution in [1.29, 1.82) is 0 Å². The van der Waals surface area contributed by atoms with E-state index in [0.717, 1.165) is 18.3 Å². The van der Waals surface area contributed by atoms with Crippen molar-refractivity contribution in [3.05, 3.63) is 24.0 Å². The molecule has 2 heterocycles. The van der Waals surface area contributed by atoms with E-state index in [9.17, 15) is 24.9 Å². The molecule has 9 atom stereocenters. The number of hydrogen-bond donors (Lipinski definition) is 3. The number of hydrogen-bond acceptors (Lipinski definition) is 7. The highest BCUT2D eigenvalue weighted by atomic mass is 16.8. The van der Waals surface area contributed by atoms with E-state index in [1.54, 1.807) is 0 Å². The zero-order chi connectivity index (χ0) is 23.2. The molecule has 174 valence electrons. The summed E-state index contributed by atoms with van der Waals surface area (Å²) in [5, 5.41) is 32.6. The van der Waals surface area contributed by atoms with Crippen LogP contribution in [0.4, 0.5) is 0 Å². The average molecular weight is 445 g/mol. The summed E-state index contributed by atoms with van der Waals surface area (Å²) in [6.07, 6.45) is 1.36. The number of rotatable bonds is 2. The Morgan fingerprint density at radius 2 is 1.94 bits per heavy atom. The summed E-state index contributed by atoms with van der Waals surface area (Å²) in [5.74, 6) is -4.90. The Kier molecular flexibility index (Phi) is 3.66. The van der Waals surface area contributed by atoms with Crippen LogP contribution in [0.1, 0.15) is 47.0 Å². The van der Waals surface area contributed by atoms with Gasteiger partial charge in [-0.3, -0.25) is 9.59 Å². The molecule has 7 nitrogen and oxygen atoms in total. The number of carbonyl (C=O) groups is 2. The van der Waals surface area contributed by atoms with Gasteiger partial charge in [-0.1, -0.05) is 26.0 Å². The number of Topliss-reactive ketones (excluding diaryl/α,β-unsaturated/α-hetero) is 2. The largest absolute Gasteiger partial charge is 0.515 e. The Balaban J connectivity index is 1.64. The van der Waals surface area contributed by atoms with Crippen LogP contribution in [0.3, 0.4) is 0 Å². The number of aliphatic hydroxyl groups is 3. The molecule has 0 aromatic heterocycles. The molecule has 2 aliphatic heterocycles. The molecule has 7 heteroatoms. The summed E-state index contributed by atoms with van der Waals surface area (Å²) in [6.45, 7) is 11.0. The van der Waals surface area contributed by atoms with E-state index in [1.165, 1.54) is 13.8 Å². The molecule has 0 aromatic rings. The average Bonchev–Trinajstić information content (AvgIpc) is 2.68. The molecule has 0 aromatic carbocycles. The van der Waals surface area contributed by atoms with Crippen LogP contribution in [0.2, 0.25) is 0 Å². The lowest BCUT2D eigenvalue weighted by Crippen LogP contribution is -2.92. The second-order valence-corrected chi connectivity index (χ2v) is 12.2. The fourth-order valence-electron chi connectivity index (χ4n) is 9.40. The standard InChI is InChI=1S/C25H32O7/c1-11-13-6-7-14-23-10-31-25(32-22(4,5)30,24(14)16(13)15(11)19(24)28)20(29)17(23)21(2,3)8-12(9-26)18(23)27/h9,13-17,20,26,29-30H,1,6-8,10H2,2-5H3/b12-9-/t13-,14-,15?,16-,17+,20-,23-,24?,25+/m0/s1. The van der Waals surface area contributed by atoms with Crippen LogP contribution >= 0.6 is 0 Å². The first-order valence-corrected chi connectivity index (χ1v) is 11.7. The van der Waals surface area contributed by atoms with Crippen molar-refractivity contribution < 1.29 is 34.4 Å². The molecule has 7 aliphatic rings. The molecular formula is C25H32O7. The van der Waals surface area contributed by atoms with Crippen LogP contribution in [-0.4, -0.2) is 51.2 Å². The molecule has 7 rings (SSSR count). The molecule has 2 bridgehead atoms. The molecule has 2 spiro atoms. The van der Waals surface area contributed by atoms with Crippen molar-refractivity contribution in [2.75, 3.05) is 6.61 Å². The quantitative estimate of drug-likeness (QED) is 0.259. The van der Waals surface area contributed by atoms with Crippen LogP contribution in [-0.2, 0) is 19.1 Å². The Morgan fingerprint density at radius 1 is 1.25 bits per heavy atom. The van der Waals surface area contributed by atoms with Crippen LogP contribution in [0.25, 0.3) is 0 Å². The lowest BCUT2D eigenvalue weighted by Gasteiger charge is -2.83. The molecule has 3 N–H and O–H groups in total. The Hall–Kier alpha value is -1.54. The number of fused-ring (bicyclic) bond motifs is 1. The van der Waals surface area contributed by atoms with E-state index in [0.29, 0.717) is 18.4 Å². The highest BCUT2D eigenvalue weighted by Gasteiger charge is 2.92. The predicted octanol–water partition coefficient (Wildman–Crippen LogP) is 2.27. The number of aliphatic hydroxyl groups excluding tert-OH is 2. The predicted molar refractivity (Wildman–Crippen MR) is 112 cm³/mol. The summed E-state index contributed by atoms with van der Waals surface area (Å²) in [6, 6.07) is 0. The van der Waals surface area contributed by atoms with E-state index in [4.69, 9.17) is 9.47 Å². The number of allylic oxidation sites excluding steroid dienone is 2. The minimum Gasteiger partial charge on any atom is -0.515 e. The maximum atomic E-state index is 13.9. The summed E-state index contributed by atoms with van der Waals surface area (Å²) >= 11 is 0. The number of ether oxygens (including phenoxy) is 2. The molecule has 0 radical (unpaired) electrons. The van der Waals surface area contributed by atoms with Gasteiger partial charge < -0.3 is 24.8 Å². The van der Waals surface area contributed by atoms with Gasteiger partial charge in [-0.05, 0) is 56.3 Å². The first kappa shape index (κ1) is 21.0. The first-order valence-electron chi connectivity index (χ1n) is 11.7. The fraction of sp³-hybridized carbons (Fsp3) is 0.760. The minimum atomic E-state index is -1.72. The van der Waals surface area contributed by atoms with Crippen molar-refractivity contribution in [2.24, 2.45) is 45.8 Å². The van der Waals surface area contributed by atoms with Gasteiger partial charge in [-0.15, -0.1) is 0 Å². The molecule has 32 heavy (non-hydrogen) atoms. The van der Waals surface area contributed by atoms with Gasteiger partial charge in [0.2, 0.25) is 5.79 Å². The van der Waals surface area contributed by atoms with Gasteiger partial charge in [0, 0.05) is 17.4 Å². The van der Waals surface area contributed by atoms with Crippen molar-refractivity contribution in [3.63, 3.8) is 0 Å². The van der Waals surface area contributed by atoms with E-state index in [-0.39, 0.29) is 41.8 Å². The van der Waals surface area contributed by atoms with Gasteiger partial charge in [-0.25, -0.2) is 0 Å². The smallest absolute Gasteiger partial charge is 0.211 e. The lowest BCUT2D eigenvalue weighted by atomic mass is 9.23. The Morgan fingerprint density at radius 3 is 2.56 bits per heavy atom. The molecule has 2 saturated heterocycles. The third-order valence-corrected chi connectivity index (χ3v) is 9.94. The van der Waals surface area contributed by atoms with Gasteiger partial charge in [0.1, 0.15) is 6.10 Å². The van der Waals surface area contributed by atoms with Crippen LogP contribution < -0.4 is 0 Å². The summed E-state index contributed by atoms with van der Waals surface area (Å²) in [4.78, 5) is 27.9. The van der Waals surface area contributed by atoms with Gasteiger partial charge in [0.25, 0.3) is 0 Å². The van der Waals surface area contributed by atoms with Crippen molar-refractivity contribution in [3.8, 4) is 0 Å². The van der Waals surface area contributed by atoms with Gasteiger partial charge >= 0.3 is 0 Å².